The summed E-state index contributed by atoms with van der Waals surface area (Å²) < 4.78 is 0. The molecule has 0 aromatic rings. The van der Waals surface area contributed by atoms with Crippen LogP contribution in [0.1, 0.15) is 0 Å². The number of dihydropyridines is 1. The van der Waals surface area contributed by atoms with Gasteiger partial charge >= 0.3 is 0 Å². The second-order valence-electron chi connectivity index (χ2n) is 1.59. The van der Waals surface area contributed by atoms with Gasteiger partial charge in [0.1, 0.15) is 5.37 Å². The maximum atomic E-state index is 3.19. The molecule has 0 amide bonds. The largest absolute Gasteiger partial charge is 0.375 e. The third-order valence-electron chi connectivity index (χ3n) is 0.954. The lowest BCUT2D eigenvalue weighted by atomic mass is 10.4. The highest BCUT2D eigenvalue weighted by Crippen LogP contribution is 2.23. The minimum atomic E-state index is 0.463. The first-order valence-electron chi connectivity index (χ1n) is 2.72. The SMILES string of the molecule is CSSC1C=CC=CN1. The lowest BCUT2D eigenvalue weighted by Gasteiger charge is -2.12. The molecule has 0 aliphatic carbocycles. The normalized spacial score (nSPS) is 23.9. The van der Waals surface area contributed by atoms with Gasteiger partial charge in [-0.3, -0.25) is 0 Å². The second kappa shape index (κ2) is 3.90. The fourth-order valence-corrected chi connectivity index (χ4v) is 2.07. The number of nitrogens with one attached hydrogen (secondary N) is 1. The fraction of sp³-hybridized carbons (Fsp3) is 0.333. The fourth-order valence-electron chi connectivity index (χ4n) is 0.590. The summed E-state index contributed by atoms with van der Waals surface area (Å²) in [7, 11) is 3.60. The lowest BCUT2D eigenvalue weighted by molar-refractivity contribution is 0.918. The van der Waals surface area contributed by atoms with Gasteiger partial charge in [-0.2, -0.15) is 0 Å². The van der Waals surface area contributed by atoms with E-state index >= 15 is 0 Å². The van der Waals surface area contributed by atoms with Gasteiger partial charge in [-0.05, 0) is 18.5 Å². The van der Waals surface area contributed by atoms with Crippen LogP contribution in [0.2, 0.25) is 0 Å². The summed E-state index contributed by atoms with van der Waals surface area (Å²) in [5.41, 5.74) is 0. The molecule has 1 aliphatic heterocycles. The van der Waals surface area contributed by atoms with Crippen LogP contribution in [0.25, 0.3) is 0 Å². The maximum Gasteiger partial charge on any atom is 0.101 e. The van der Waals surface area contributed by atoms with Crippen LogP contribution in [-0.4, -0.2) is 11.6 Å². The van der Waals surface area contributed by atoms with Crippen molar-refractivity contribution in [1.29, 1.82) is 0 Å². The molecule has 0 saturated carbocycles. The van der Waals surface area contributed by atoms with Crippen molar-refractivity contribution in [3.63, 3.8) is 0 Å². The minimum absolute atomic E-state index is 0.463. The van der Waals surface area contributed by atoms with Crippen LogP contribution < -0.4 is 5.32 Å². The quantitative estimate of drug-likeness (QED) is 0.619. The zero-order chi connectivity index (χ0) is 6.53. The molecule has 0 aromatic heterocycles. The van der Waals surface area contributed by atoms with Crippen molar-refractivity contribution in [2.45, 2.75) is 5.37 Å². The smallest absolute Gasteiger partial charge is 0.101 e. The number of rotatable bonds is 2. The molecule has 1 heterocycles. The van der Waals surface area contributed by atoms with Gasteiger partial charge in [0.15, 0.2) is 0 Å². The van der Waals surface area contributed by atoms with Crippen molar-refractivity contribution in [3.8, 4) is 0 Å². The molecule has 1 unspecified atom stereocenters. The third kappa shape index (κ3) is 2.37. The van der Waals surface area contributed by atoms with Crippen LogP contribution >= 0.6 is 21.6 Å². The van der Waals surface area contributed by atoms with Crippen LogP contribution in [0.5, 0.6) is 0 Å². The molecule has 0 bridgehead atoms. The van der Waals surface area contributed by atoms with Gasteiger partial charge in [-0.15, -0.1) is 0 Å². The molecule has 1 rings (SSSR count). The Hall–Kier alpha value is -0.0200. The van der Waals surface area contributed by atoms with Crippen molar-refractivity contribution in [1.82, 2.24) is 5.32 Å². The molecule has 0 saturated heterocycles. The Kier molecular flexibility index (Phi) is 3.08. The summed E-state index contributed by atoms with van der Waals surface area (Å²) in [5, 5.41) is 3.66. The van der Waals surface area contributed by atoms with Gasteiger partial charge in [0.05, 0.1) is 0 Å². The Labute approximate surface area is 63.4 Å². The molecular weight excluding hydrogens is 150 g/mol. The van der Waals surface area contributed by atoms with Crippen molar-refractivity contribution in [2.75, 3.05) is 6.26 Å². The summed E-state index contributed by atoms with van der Waals surface area (Å²) in [6.07, 6.45) is 10.2. The maximum absolute atomic E-state index is 3.19. The first-order chi connectivity index (χ1) is 4.43. The number of hydrogen-bond donors (Lipinski definition) is 1. The molecule has 0 spiro atoms. The van der Waals surface area contributed by atoms with Crippen molar-refractivity contribution in [2.24, 2.45) is 0 Å². The number of allylic oxidation sites excluding steroid dienone is 2. The Morgan fingerprint density at radius 3 is 2.89 bits per heavy atom. The summed E-state index contributed by atoms with van der Waals surface area (Å²) in [5.74, 6) is 0. The standard InChI is InChI=1S/C6H9NS2/c1-8-9-6-4-2-3-5-7-6/h2-7H,1H3. The van der Waals surface area contributed by atoms with Gasteiger partial charge in [0.25, 0.3) is 0 Å². The Balaban J connectivity index is 2.28. The summed E-state index contributed by atoms with van der Waals surface area (Å²) in [4.78, 5) is 0. The van der Waals surface area contributed by atoms with E-state index in [1.807, 2.05) is 23.1 Å². The highest BCUT2D eigenvalue weighted by Gasteiger charge is 2.01. The van der Waals surface area contributed by atoms with Gasteiger partial charge in [-0.1, -0.05) is 33.7 Å². The van der Waals surface area contributed by atoms with Crippen molar-refractivity contribution in [3.05, 3.63) is 24.4 Å². The molecule has 1 N–H and O–H groups in total. The van der Waals surface area contributed by atoms with Crippen LogP contribution in [0.4, 0.5) is 0 Å². The van der Waals surface area contributed by atoms with E-state index in [9.17, 15) is 0 Å². The molecule has 0 fully saturated rings. The van der Waals surface area contributed by atoms with E-state index in [1.165, 1.54) is 0 Å². The lowest BCUT2D eigenvalue weighted by Crippen LogP contribution is -2.18. The highest BCUT2D eigenvalue weighted by atomic mass is 33.1. The molecule has 9 heavy (non-hydrogen) atoms. The molecule has 0 aromatic carbocycles. The average Bonchev–Trinajstić information content (AvgIpc) is 1.91. The molecular formula is C6H9NS2. The van der Waals surface area contributed by atoms with Crippen LogP contribution in [0.15, 0.2) is 24.4 Å². The third-order valence-corrected chi connectivity index (χ3v) is 2.85. The molecule has 1 aliphatic rings. The average molecular weight is 159 g/mol. The Morgan fingerprint density at radius 1 is 1.44 bits per heavy atom. The first-order valence-corrected chi connectivity index (χ1v) is 5.34. The first kappa shape index (κ1) is 7.09. The summed E-state index contributed by atoms with van der Waals surface area (Å²) in [6.45, 7) is 0. The monoisotopic (exact) mass is 159 g/mol. The zero-order valence-electron chi connectivity index (χ0n) is 5.20. The molecule has 1 atom stereocenters. The van der Waals surface area contributed by atoms with E-state index in [2.05, 4.69) is 23.7 Å². The minimum Gasteiger partial charge on any atom is -0.375 e. The Morgan fingerprint density at radius 2 is 2.33 bits per heavy atom. The second-order valence-corrected chi connectivity index (χ2v) is 4.21. The summed E-state index contributed by atoms with van der Waals surface area (Å²) >= 11 is 0. The van der Waals surface area contributed by atoms with Gasteiger partial charge < -0.3 is 5.32 Å². The van der Waals surface area contributed by atoms with Gasteiger partial charge in [0.2, 0.25) is 0 Å². The highest BCUT2D eigenvalue weighted by molar-refractivity contribution is 8.76. The number of hydrogen-bond acceptors (Lipinski definition) is 3. The van der Waals surface area contributed by atoms with Crippen LogP contribution in [0.3, 0.4) is 0 Å². The van der Waals surface area contributed by atoms with E-state index in [1.54, 1.807) is 10.8 Å². The van der Waals surface area contributed by atoms with Gasteiger partial charge in [-0.25, -0.2) is 0 Å². The van der Waals surface area contributed by atoms with E-state index in [0.29, 0.717) is 5.37 Å². The molecule has 50 valence electrons. The van der Waals surface area contributed by atoms with E-state index in [-0.39, 0.29) is 0 Å². The van der Waals surface area contributed by atoms with Crippen molar-refractivity contribution >= 4 is 21.6 Å². The van der Waals surface area contributed by atoms with Crippen LogP contribution in [-0.2, 0) is 0 Å². The van der Waals surface area contributed by atoms with Crippen molar-refractivity contribution < 1.29 is 0 Å². The molecule has 1 nitrogen and oxygen atoms in total. The van der Waals surface area contributed by atoms with E-state index < -0.39 is 0 Å². The topological polar surface area (TPSA) is 12.0 Å². The van der Waals surface area contributed by atoms with Crippen LogP contribution in [0, 0.1) is 0 Å². The summed E-state index contributed by atoms with van der Waals surface area (Å²) in [6, 6.07) is 0. The predicted molar refractivity (Wildman–Crippen MR) is 46.3 cm³/mol. The Bertz CT molecular complexity index is 131. The predicted octanol–water partition coefficient (Wildman–Crippen LogP) is 2.00. The van der Waals surface area contributed by atoms with E-state index in [4.69, 9.17) is 0 Å². The van der Waals surface area contributed by atoms with Gasteiger partial charge in [0, 0.05) is 0 Å². The molecule has 0 radical (unpaired) electrons. The zero-order valence-corrected chi connectivity index (χ0v) is 6.84. The van der Waals surface area contributed by atoms with E-state index in [0.717, 1.165) is 0 Å². The molecule has 3 heteroatoms.